The largest absolute Gasteiger partial charge is 0.327 e. The van der Waals surface area contributed by atoms with Gasteiger partial charge in [-0.25, -0.2) is 0 Å². The SMILES string of the molecule is CCc1ccc2c(c1)CC(N)C2. The quantitative estimate of drug-likeness (QED) is 0.666. The van der Waals surface area contributed by atoms with Crippen LogP contribution in [0.2, 0.25) is 0 Å². The molecule has 0 spiro atoms. The third-order valence-electron chi connectivity index (χ3n) is 2.64. The number of rotatable bonds is 1. The maximum atomic E-state index is 5.88. The summed E-state index contributed by atoms with van der Waals surface area (Å²) < 4.78 is 0. The molecular weight excluding hydrogens is 146 g/mol. The Bertz CT molecular complexity index is 291. The molecule has 2 rings (SSSR count). The van der Waals surface area contributed by atoms with Crippen molar-refractivity contribution in [1.29, 1.82) is 0 Å². The number of aryl methyl sites for hydroxylation is 1. The first-order valence-electron chi connectivity index (χ1n) is 4.66. The smallest absolute Gasteiger partial charge is 0.0120 e. The van der Waals surface area contributed by atoms with E-state index in [4.69, 9.17) is 5.73 Å². The van der Waals surface area contributed by atoms with Gasteiger partial charge in [-0.15, -0.1) is 0 Å². The van der Waals surface area contributed by atoms with E-state index in [-0.39, 0.29) is 0 Å². The second-order valence-electron chi connectivity index (χ2n) is 3.62. The van der Waals surface area contributed by atoms with Gasteiger partial charge in [0.15, 0.2) is 0 Å². The summed E-state index contributed by atoms with van der Waals surface area (Å²) in [5.41, 5.74) is 10.2. The lowest BCUT2D eigenvalue weighted by Gasteiger charge is -2.00. The number of hydrogen-bond donors (Lipinski definition) is 1. The topological polar surface area (TPSA) is 26.0 Å². The molecule has 0 bridgehead atoms. The molecule has 0 aliphatic heterocycles. The Kier molecular flexibility index (Phi) is 1.89. The monoisotopic (exact) mass is 161 g/mol. The summed E-state index contributed by atoms with van der Waals surface area (Å²) >= 11 is 0. The van der Waals surface area contributed by atoms with E-state index in [2.05, 4.69) is 25.1 Å². The summed E-state index contributed by atoms with van der Waals surface area (Å²) in [5.74, 6) is 0. The Balaban J connectivity index is 2.35. The molecule has 1 nitrogen and oxygen atoms in total. The first-order chi connectivity index (χ1) is 5.79. The zero-order chi connectivity index (χ0) is 8.55. The summed E-state index contributed by atoms with van der Waals surface area (Å²) in [6.45, 7) is 2.19. The minimum Gasteiger partial charge on any atom is -0.327 e. The first kappa shape index (κ1) is 7.81. The zero-order valence-corrected chi connectivity index (χ0v) is 7.51. The van der Waals surface area contributed by atoms with Crippen LogP contribution in [-0.2, 0) is 19.3 Å². The molecule has 1 heteroatoms. The van der Waals surface area contributed by atoms with Crippen LogP contribution in [0.25, 0.3) is 0 Å². The molecule has 0 heterocycles. The molecule has 0 saturated carbocycles. The molecule has 0 radical (unpaired) electrons. The lowest BCUT2D eigenvalue weighted by Crippen LogP contribution is -2.18. The number of hydrogen-bond acceptors (Lipinski definition) is 1. The van der Waals surface area contributed by atoms with E-state index >= 15 is 0 Å². The van der Waals surface area contributed by atoms with Crippen LogP contribution in [0.3, 0.4) is 0 Å². The van der Waals surface area contributed by atoms with E-state index in [1.807, 2.05) is 0 Å². The van der Waals surface area contributed by atoms with E-state index in [9.17, 15) is 0 Å². The fourth-order valence-corrected chi connectivity index (χ4v) is 1.93. The van der Waals surface area contributed by atoms with Gasteiger partial charge in [-0.05, 0) is 36.0 Å². The summed E-state index contributed by atoms with van der Waals surface area (Å²) in [6.07, 6.45) is 3.27. The van der Waals surface area contributed by atoms with Crippen molar-refractivity contribution in [3.63, 3.8) is 0 Å². The predicted molar refractivity (Wildman–Crippen MR) is 51.2 cm³/mol. The summed E-state index contributed by atoms with van der Waals surface area (Å²) in [5, 5.41) is 0. The van der Waals surface area contributed by atoms with Crippen LogP contribution in [0.15, 0.2) is 18.2 Å². The summed E-state index contributed by atoms with van der Waals surface area (Å²) in [4.78, 5) is 0. The van der Waals surface area contributed by atoms with Crippen LogP contribution >= 0.6 is 0 Å². The van der Waals surface area contributed by atoms with E-state index < -0.39 is 0 Å². The van der Waals surface area contributed by atoms with Crippen molar-refractivity contribution in [3.8, 4) is 0 Å². The highest BCUT2D eigenvalue weighted by Gasteiger charge is 2.17. The fraction of sp³-hybridized carbons (Fsp3) is 0.455. The molecule has 1 aromatic carbocycles. The van der Waals surface area contributed by atoms with Gasteiger partial charge in [0.05, 0.1) is 0 Å². The lowest BCUT2D eigenvalue weighted by molar-refractivity contribution is 0.721. The Morgan fingerprint density at radius 3 is 2.83 bits per heavy atom. The average Bonchev–Trinajstić information content (AvgIpc) is 2.43. The number of benzene rings is 1. The molecule has 1 atom stereocenters. The molecule has 12 heavy (non-hydrogen) atoms. The van der Waals surface area contributed by atoms with Gasteiger partial charge in [-0.2, -0.15) is 0 Å². The molecular formula is C11H15N. The minimum atomic E-state index is 0.368. The van der Waals surface area contributed by atoms with Crippen LogP contribution in [-0.4, -0.2) is 6.04 Å². The molecule has 0 aromatic heterocycles. The van der Waals surface area contributed by atoms with E-state index in [0.29, 0.717) is 6.04 Å². The first-order valence-corrected chi connectivity index (χ1v) is 4.66. The average molecular weight is 161 g/mol. The van der Waals surface area contributed by atoms with Crippen molar-refractivity contribution >= 4 is 0 Å². The van der Waals surface area contributed by atoms with Gasteiger partial charge in [0.2, 0.25) is 0 Å². The summed E-state index contributed by atoms with van der Waals surface area (Å²) in [7, 11) is 0. The van der Waals surface area contributed by atoms with Crippen molar-refractivity contribution in [2.24, 2.45) is 5.73 Å². The highest BCUT2D eigenvalue weighted by atomic mass is 14.6. The van der Waals surface area contributed by atoms with Crippen molar-refractivity contribution in [1.82, 2.24) is 0 Å². The molecule has 1 aliphatic carbocycles. The normalized spacial score (nSPS) is 21.0. The lowest BCUT2D eigenvalue weighted by atomic mass is 10.1. The number of fused-ring (bicyclic) bond motifs is 1. The van der Waals surface area contributed by atoms with Gasteiger partial charge >= 0.3 is 0 Å². The summed E-state index contributed by atoms with van der Waals surface area (Å²) in [6, 6.07) is 7.13. The molecule has 0 saturated heterocycles. The Labute approximate surface area is 73.6 Å². The van der Waals surface area contributed by atoms with Crippen LogP contribution in [0.4, 0.5) is 0 Å². The highest BCUT2D eigenvalue weighted by Crippen LogP contribution is 2.22. The zero-order valence-electron chi connectivity index (χ0n) is 7.51. The molecule has 1 unspecified atom stereocenters. The highest BCUT2D eigenvalue weighted by molar-refractivity contribution is 5.36. The maximum absolute atomic E-state index is 5.88. The van der Waals surface area contributed by atoms with Crippen molar-refractivity contribution in [2.75, 3.05) is 0 Å². The molecule has 0 fully saturated rings. The van der Waals surface area contributed by atoms with Crippen LogP contribution in [0.5, 0.6) is 0 Å². The van der Waals surface area contributed by atoms with Gasteiger partial charge in [-0.1, -0.05) is 25.1 Å². The van der Waals surface area contributed by atoms with Crippen LogP contribution < -0.4 is 5.73 Å². The van der Waals surface area contributed by atoms with Gasteiger partial charge in [-0.3, -0.25) is 0 Å². The van der Waals surface area contributed by atoms with Crippen LogP contribution in [0, 0.1) is 0 Å². The van der Waals surface area contributed by atoms with Gasteiger partial charge in [0.1, 0.15) is 0 Å². The predicted octanol–water partition coefficient (Wildman–Crippen LogP) is 1.67. The van der Waals surface area contributed by atoms with Gasteiger partial charge < -0.3 is 5.73 Å². The van der Waals surface area contributed by atoms with Gasteiger partial charge in [0.25, 0.3) is 0 Å². The van der Waals surface area contributed by atoms with Crippen molar-refractivity contribution in [3.05, 3.63) is 34.9 Å². The van der Waals surface area contributed by atoms with E-state index in [1.54, 1.807) is 0 Å². The maximum Gasteiger partial charge on any atom is 0.0120 e. The minimum absolute atomic E-state index is 0.368. The molecule has 64 valence electrons. The Morgan fingerprint density at radius 1 is 1.33 bits per heavy atom. The second-order valence-corrected chi connectivity index (χ2v) is 3.62. The van der Waals surface area contributed by atoms with E-state index in [0.717, 1.165) is 19.3 Å². The van der Waals surface area contributed by atoms with Crippen molar-refractivity contribution in [2.45, 2.75) is 32.2 Å². The molecule has 1 aromatic rings. The Morgan fingerprint density at radius 2 is 2.08 bits per heavy atom. The molecule has 0 amide bonds. The van der Waals surface area contributed by atoms with Gasteiger partial charge in [0, 0.05) is 6.04 Å². The van der Waals surface area contributed by atoms with Crippen LogP contribution in [0.1, 0.15) is 23.6 Å². The van der Waals surface area contributed by atoms with Crippen molar-refractivity contribution < 1.29 is 0 Å². The molecule has 1 aliphatic rings. The third-order valence-corrected chi connectivity index (χ3v) is 2.64. The fourth-order valence-electron chi connectivity index (χ4n) is 1.93. The third kappa shape index (κ3) is 1.25. The van der Waals surface area contributed by atoms with E-state index in [1.165, 1.54) is 16.7 Å². The Hall–Kier alpha value is -0.820. The second kappa shape index (κ2) is 2.91. The standard InChI is InChI=1S/C11H15N/c1-2-8-3-4-9-6-11(12)7-10(9)5-8/h3-5,11H,2,6-7,12H2,1H3. The number of nitrogens with two attached hydrogens (primary N) is 1. The molecule has 2 N–H and O–H groups in total.